The van der Waals surface area contributed by atoms with Gasteiger partial charge in [-0.05, 0) is 53.9 Å². The summed E-state index contributed by atoms with van der Waals surface area (Å²) in [5, 5.41) is 0. The molecular weight excluding hydrogens is 456 g/mol. The van der Waals surface area contributed by atoms with Crippen molar-refractivity contribution in [3.63, 3.8) is 0 Å². The first-order valence-corrected chi connectivity index (χ1v) is 11.3. The molecule has 160 valence electrons. The van der Waals surface area contributed by atoms with Crippen LogP contribution in [0.15, 0.2) is 71.2 Å². The first-order chi connectivity index (χ1) is 15.1. The van der Waals surface area contributed by atoms with Crippen LogP contribution in [-0.2, 0) is 0 Å². The zero-order valence-electron chi connectivity index (χ0n) is 17.6. The van der Waals surface area contributed by atoms with E-state index in [9.17, 15) is 4.79 Å². The van der Waals surface area contributed by atoms with Crippen molar-refractivity contribution in [2.45, 2.75) is 31.8 Å². The lowest BCUT2D eigenvalue weighted by molar-refractivity contribution is 0.0895. The van der Waals surface area contributed by atoms with Gasteiger partial charge in [-0.3, -0.25) is 4.79 Å². The van der Waals surface area contributed by atoms with E-state index in [0.717, 1.165) is 34.2 Å². The Labute approximate surface area is 191 Å². The molecule has 1 heterocycles. The van der Waals surface area contributed by atoms with Crippen LogP contribution in [0, 0.1) is 0 Å². The minimum atomic E-state index is -0.319. The maximum atomic E-state index is 13.1. The number of carbonyl (C=O) groups is 1. The number of hydrogen-bond acceptors (Lipinski definition) is 4. The van der Waals surface area contributed by atoms with Gasteiger partial charge in [0.05, 0.1) is 18.6 Å². The second-order valence-corrected chi connectivity index (χ2v) is 8.52. The van der Waals surface area contributed by atoms with Crippen molar-refractivity contribution in [2.75, 3.05) is 13.7 Å². The predicted molar refractivity (Wildman–Crippen MR) is 124 cm³/mol. The molecule has 0 fully saturated rings. The Balaban J connectivity index is 1.53. The molecule has 2 unspecified atom stereocenters. The highest BCUT2D eigenvalue weighted by atomic mass is 79.9. The summed E-state index contributed by atoms with van der Waals surface area (Å²) in [5.74, 6) is 1.80. The Bertz CT molecular complexity index is 1040. The van der Waals surface area contributed by atoms with E-state index in [-0.39, 0.29) is 17.8 Å². The molecule has 4 rings (SSSR count). The molecule has 31 heavy (non-hydrogen) atoms. The molecule has 0 aromatic heterocycles. The molecular formula is C26H25BrO4. The van der Waals surface area contributed by atoms with Gasteiger partial charge in [-0.25, -0.2) is 0 Å². The van der Waals surface area contributed by atoms with Gasteiger partial charge >= 0.3 is 0 Å². The van der Waals surface area contributed by atoms with Gasteiger partial charge in [0.15, 0.2) is 5.78 Å². The fourth-order valence-electron chi connectivity index (χ4n) is 3.82. The van der Waals surface area contributed by atoms with Crippen LogP contribution in [0.5, 0.6) is 17.2 Å². The van der Waals surface area contributed by atoms with Gasteiger partial charge in [0, 0.05) is 10.5 Å². The van der Waals surface area contributed by atoms with Crippen LogP contribution in [0.1, 0.15) is 53.3 Å². The third kappa shape index (κ3) is 4.77. The molecule has 0 aliphatic carbocycles. The molecule has 0 saturated heterocycles. The molecule has 0 amide bonds. The summed E-state index contributed by atoms with van der Waals surface area (Å²) in [4.78, 5) is 13.1. The molecule has 3 aromatic rings. The van der Waals surface area contributed by atoms with Gasteiger partial charge in [0.1, 0.15) is 30.0 Å². The number of benzene rings is 3. The smallest absolute Gasteiger partial charge is 0.177 e. The van der Waals surface area contributed by atoms with Gasteiger partial charge in [0.25, 0.3) is 0 Å². The Morgan fingerprint density at radius 2 is 1.74 bits per heavy atom. The minimum Gasteiger partial charge on any atom is -0.497 e. The number of ketones is 1. The number of methoxy groups -OCH3 is 1. The van der Waals surface area contributed by atoms with Gasteiger partial charge in [-0.1, -0.05) is 53.5 Å². The lowest BCUT2D eigenvalue weighted by Crippen LogP contribution is -2.26. The van der Waals surface area contributed by atoms with E-state index in [2.05, 4.69) is 35.0 Å². The first-order valence-electron chi connectivity index (χ1n) is 10.5. The van der Waals surface area contributed by atoms with Crippen molar-refractivity contribution >= 4 is 21.7 Å². The van der Waals surface area contributed by atoms with Gasteiger partial charge in [0.2, 0.25) is 0 Å². The Hall–Kier alpha value is -2.79. The number of rotatable bonds is 7. The highest BCUT2D eigenvalue weighted by Gasteiger charge is 2.30. The summed E-state index contributed by atoms with van der Waals surface area (Å²) < 4.78 is 18.5. The molecule has 0 radical (unpaired) electrons. The molecule has 0 N–H and O–H groups in total. The van der Waals surface area contributed by atoms with Crippen LogP contribution < -0.4 is 14.2 Å². The fourth-order valence-corrected chi connectivity index (χ4v) is 4.08. The van der Waals surface area contributed by atoms with Crippen molar-refractivity contribution in [3.8, 4) is 17.2 Å². The molecule has 3 aromatic carbocycles. The summed E-state index contributed by atoms with van der Waals surface area (Å²) in [5.41, 5.74) is 2.64. The standard InChI is InChI=1S/C26H25BrO4/c1-3-4-24(18-5-9-19(27)10-6-18)31-21-13-14-22-25(15-21)30-16-23(26(22)28)17-7-11-20(29-2)12-8-17/h5-15,23-24H,3-4,16H2,1-2H3. The predicted octanol–water partition coefficient (Wildman–Crippen LogP) is 6.74. The molecule has 1 aliphatic rings. The Morgan fingerprint density at radius 1 is 1.03 bits per heavy atom. The van der Waals surface area contributed by atoms with Gasteiger partial charge in [-0.15, -0.1) is 0 Å². The average Bonchev–Trinajstić information content (AvgIpc) is 2.80. The van der Waals surface area contributed by atoms with Crippen LogP contribution in [0.2, 0.25) is 0 Å². The zero-order chi connectivity index (χ0) is 21.8. The van der Waals surface area contributed by atoms with Crippen molar-refractivity contribution in [1.82, 2.24) is 0 Å². The van der Waals surface area contributed by atoms with E-state index in [1.165, 1.54) is 0 Å². The van der Waals surface area contributed by atoms with Crippen LogP contribution >= 0.6 is 15.9 Å². The topological polar surface area (TPSA) is 44.8 Å². The van der Waals surface area contributed by atoms with Crippen LogP contribution in [0.25, 0.3) is 0 Å². The molecule has 4 nitrogen and oxygen atoms in total. The summed E-state index contributed by atoms with van der Waals surface area (Å²) in [6.45, 7) is 2.45. The van der Waals surface area contributed by atoms with E-state index < -0.39 is 0 Å². The largest absolute Gasteiger partial charge is 0.497 e. The third-order valence-corrected chi connectivity index (χ3v) is 6.06. The fraction of sp³-hybridized carbons (Fsp3) is 0.269. The van der Waals surface area contributed by atoms with E-state index in [1.807, 2.05) is 54.6 Å². The van der Waals surface area contributed by atoms with Crippen LogP contribution in [-0.4, -0.2) is 19.5 Å². The summed E-state index contributed by atoms with van der Waals surface area (Å²) in [6, 6.07) is 21.3. The monoisotopic (exact) mass is 480 g/mol. The van der Waals surface area contributed by atoms with Gasteiger partial charge < -0.3 is 14.2 Å². The van der Waals surface area contributed by atoms with E-state index >= 15 is 0 Å². The van der Waals surface area contributed by atoms with E-state index in [0.29, 0.717) is 23.7 Å². The number of halogens is 1. The van der Waals surface area contributed by atoms with Crippen molar-refractivity contribution in [2.24, 2.45) is 0 Å². The quantitative estimate of drug-likeness (QED) is 0.375. The number of fused-ring (bicyclic) bond motifs is 1. The molecule has 1 aliphatic heterocycles. The highest BCUT2D eigenvalue weighted by molar-refractivity contribution is 9.10. The maximum absolute atomic E-state index is 13.1. The van der Waals surface area contributed by atoms with Crippen LogP contribution in [0.4, 0.5) is 0 Å². The Kier molecular flexibility index (Phi) is 6.62. The number of ether oxygens (including phenoxy) is 3. The van der Waals surface area contributed by atoms with E-state index in [4.69, 9.17) is 14.2 Å². The normalized spacial score (nSPS) is 16.2. The molecule has 2 atom stereocenters. The minimum absolute atomic E-state index is 0.0533. The first kappa shape index (κ1) is 21.4. The summed E-state index contributed by atoms with van der Waals surface area (Å²) in [7, 11) is 1.63. The molecule has 0 spiro atoms. The average molecular weight is 481 g/mol. The lowest BCUT2D eigenvalue weighted by atomic mass is 9.89. The number of hydrogen-bond donors (Lipinski definition) is 0. The van der Waals surface area contributed by atoms with Crippen molar-refractivity contribution in [1.29, 1.82) is 0 Å². The lowest BCUT2D eigenvalue weighted by Gasteiger charge is -2.26. The molecule has 5 heteroatoms. The van der Waals surface area contributed by atoms with E-state index in [1.54, 1.807) is 7.11 Å². The number of carbonyl (C=O) groups excluding carboxylic acids is 1. The van der Waals surface area contributed by atoms with Crippen molar-refractivity contribution in [3.05, 3.63) is 87.9 Å². The van der Waals surface area contributed by atoms with Crippen LogP contribution in [0.3, 0.4) is 0 Å². The third-order valence-electron chi connectivity index (χ3n) is 5.53. The summed E-state index contributed by atoms with van der Waals surface area (Å²) in [6.07, 6.45) is 1.85. The summed E-state index contributed by atoms with van der Waals surface area (Å²) >= 11 is 3.48. The molecule has 0 saturated carbocycles. The second-order valence-electron chi connectivity index (χ2n) is 7.61. The zero-order valence-corrected chi connectivity index (χ0v) is 19.2. The number of Topliss-reactive ketones (excluding diaryl/α,β-unsaturated/α-hetero) is 1. The maximum Gasteiger partial charge on any atom is 0.177 e. The second kappa shape index (κ2) is 9.56. The SMILES string of the molecule is CCCC(Oc1ccc2c(c1)OCC(c1ccc(OC)cc1)C2=O)c1ccc(Br)cc1. The highest BCUT2D eigenvalue weighted by Crippen LogP contribution is 2.37. The van der Waals surface area contributed by atoms with Gasteiger partial charge in [-0.2, -0.15) is 0 Å². The molecule has 0 bridgehead atoms. The van der Waals surface area contributed by atoms with Crippen molar-refractivity contribution < 1.29 is 19.0 Å². The Morgan fingerprint density at radius 3 is 2.42 bits per heavy atom.